The molecule has 0 saturated carbocycles. The molecule has 0 aromatic carbocycles. The van der Waals surface area contributed by atoms with Gasteiger partial charge < -0.3 is 5.32 Å². The van der Waals surface area contributed by atoms with E-state index < -0.39 is 12.7 Å². The molecule has 0 aliphatic carbocycles. The maximum atomic E-state index is 12.2. The first kappa shape index (κ1) is 14.3. The molecule has 2 heterocycles. The number of nitrogens with one attached hydrogen (secondary N) is 1. The summed E-state index contributed by atoms with van der Waals surface area (Å²) in [4.78, 5) is 1.43. The number of anilines is 1. The molecule has 0 amide bonds. The summed E-state index contributed by atoms with van der Waals surface area (Å²) < 4.78 is 36.7. The van der Waals surface area contributed by atoms with Gasteiger partial charge in [-0.25, -0.2) is 0 Å². The summed E-state index contributed by atoms with van der Waals surface area (Å²) in [6.07, 6.45) is -3.37. The summed E-state index contributed by atoms with van der Waals surface area (Å²) in [7, 11) is 0. The molecule has 1 saturated heterocycles. The van der Waals surface area contributed by atoms with Crippen molar-refractivity contribution in [3.8, 4) is 0 Å². The van der Waals surface area contributed by atoms with Gasteiger partial charge in [-0.15, -0.1) is 10.2 Å². The maximum Gasteiger partial charge on any atom is 0.401 e. The Balaban J connectivity index is 1.75. The van der Waals surface area contributed by atoms with E-state index in [-0.39, 0.29) is 5.92 Å². The molecule has 2 rings (SSSR count). The van der Waals surface area contributed by atoms with Gasteiger partial charge in [-0.3, -0.25) is 4.90 Å². The smallest absolute Gasteiger partial charge is 0.368 e. The van der Waals surface area contributed by atoms with Gasteiger partial charge in [0.05, 0.1) is 6.54 Å². The minimum Gasteiger partial charge on any atom is -0.368 e. The van der Waals surface area contributed by atoms with Crippen molar-refractivity contribution in [2.45, 2.75) is 12.6 Å². The van der Waals surface area contributed by atoms with Gasteiger partial charge in [0.15, 0.2) is 5.15 Å². The Hall–Kier alpha value is -1.08. The normalized spacial score (nSPS) is 20.7. The zero-order chi connectivity index (χ0) is 13.9. The van der Waals surface area contributed by atoms with Crippen molar-refractivity contribution in [3.63, 3.8) is 0 Å². The Bertz CT molecular complexity index is 409. The first-order chi connectivity index (χ1) is 8.92. The molecule has 106 valence electrons. The van der Waals surface area contributed by atoms with Crippen LogP contribution in [-0.2, 0) is 0 Å². The molecule has 4 nitrogen and oxygen atoms in total. The molecule has 8 heteroatoms. The number of likely N-dealkylation sites (tertiary alicyclic amines) is 1. The average molecular weight is 295 g/mol. The molecule has 1 N–H and O–H groups in total. The molecule has 0 bridgehead atoms. The number of hydrogen-bond donors (Lipinski definition) is 1. The Morgan fingerprint density at radius 2 is 2.16 bits per heavy atom. The molecule has 0 spiro atoms. The second-order valence-corrected chi connectivity index (χ2v) is 5.01. The Labute approximate surface area is 113 Å². The van der Waals surface area contributed by atoms with Crippen molar-refractivity contribution >= 4 is 17.4 Å². The molecular formula is C11H14ClF3N4. The van der Waals surface area contributed by atoms with E-state index in [4.69, 9.17) is 11.6 Å². The number of rotatable bonds is 4. The van der Waals surface area contributed by atoms with Crippen molar-refractivity contribution in [1.29, 1.82) is 0 Å². The molecule has 1 aliphatic rings. The second-order valence-electron chi connectivity index (χ2n) is 4.63. The summed E-state index contributed by atoms with van der Waals surface area (Å²) in [6, 6.07) is 3.30. The van der Waals surface area contributed by atoms with E-state index in [0.717, 1.165) is 6.42 Å². The number of halogens is 4. The summed E-state index contributed by atoms with van der Waals surface area (Å²) in [5.74, 6) is 0.776. The van der Waals surface area contributed by atoms with Gasteiger partial charge in [-0.05, 0) is 31.0 Å². The Morgan fingerprint density at radius 3 is 2.79 bits per heavy atom. The van der Waals surface area contributed by atoms with Crippen LogP contribution in [0.15, 0.2) is 12.1 Å². The van der Waals surface area contributed by atoms with Gasteiger partial charge in [0.1, 0.15) is 5.82 Å². The molecule has 1 aliphatic heterocycles. The van der Waals surface area contributed by atoms with E-state index in [9.17, 15) is 13.2 Å². The van der Waals surface area contributed by atoms with Crippen LogP contribution in [0.4, 0.5) is 19.0 Å². The van der Waals surface area contributed by atoms with Crippen LogP contribution in [0.2, 0.25) is 5.15 Å². The predicted octanol–water partition coefficient (Wildman–Crippen LogP) is 2.43. The first-order valence-corrected chi connectivity index (χ1v) is 6.32. The first-order valence-electron chi connectivity index (χ1n) is 5.94. The van der Waals surface area contributed by atoms with E-state index in [0.29, 0.717) is 30.6 Å². The fourth-order valence-electron chi connectivity index (χ4n) is 2.14. The summed E-state index contributed by atoms with van der Waals surface area (Å²) in [5, 5.41) is 10.9. The van der Waals surface area contributed by atoms with Gasteiger partial charge in [0.2, 0.25) is 0 Å². The highest BCUT2D eigenvalue weighted by Gasteiger charge is 2.34. The van der Waals surface area contributed by atoms with Crippen LogP contribution in [0.25, 0.3) is 0 Å². The zero-order valence-corrected chi connectivity index (χ0v) is 10.9. The van der Waals surface area contributed by atoms with Crippen LogP contribution in [0, 0.1) is 5.92 Å². The third-order valence-corrected chi connectivity index (χ3v) is 3.18. The lowest BCUT2D eigenvalue weighted by Gasteiger charge is -2.18. The molecule has 1 fully saturated rings. The van der Waals surface area contributed by atoms with Gasteiger partial charge in [0.25, 0.3) is 0 Å². The highest BCUT2D eigenvalue weighted by molar-refractivity contribution is 6.29. The van der Waals surface area contributed by atoms with Crippen molar-refractivity contribution in [3.05, 3.63) is 17.3 Å². The minimum absolute atomic E-state index is 0.194. The summed E-state index contributed by atoms with van der Waals surface area (Å²) in [6.45, 7) is 0.695. The van der Waals surface area contributed by atoms with Gasteiger partial charge in [-0.1, -0.05) is 11.6 Å². The molecule has 1 aromatic rings. The van der Waals surface area contributed by atoms with Crippen molar-refractivity contribution in [2.24, 2.45) is 5.92 Å². The topological polar surface area (TPSA) is 41.0 Å². The van der Waals surface area contributed by atoms with Gasteiger partial charge >= 0.3 is 6.18 Å². The van der Waals surface area contributed by atoms with Crippen molar-refractivity contribution < 1.29 is 13.2 Å². The van der Waals surface area contributed by atoms with Crippen LogP contribution >= 0.6 is 11.6 Å². The fourth-order valence-corrected chi connectivity index (χ4v) is 2.24. The molecule has 1 atom stereocenters. The zero-order valence-electron chi connectivity index (χ0n) is 10.1. The van der Waals surface area contributed by atoms with Gasteiger partial charge in [-0.2, -0.15) is 13.2 Å². The van der Waals surface area contributed by atoms with Crippen LogP contribution in [0.1, 0.15) is 6.42 Å². The van der Waals surface area contributed by atoms with Crippen molar-refractivity contribution in [2.75, 3.05) is 31.5 Å². The van der Waals surface area contributed by atoms with Crippen LogP contribution in [0.3, 0.4) is 0 Å². The van der Waals surface area contributed by atoms with E-state index in [1.807, 2.05) is 0 Å². The van der Waals surface area contributed by atoms with E-state index in [2.05, 4.69) is 15.5 Å². The fraction of sp³-hybridized carbons (Fsp3) is 0.636. The molecule has 0 radical (unpaired) electrons. The highest BCUT2D eigenvalue weighted by atomic mass is 35.5. The van der Waals surface area contributed by atoms with Gasteiger partial charge in [0, 0.05) is 13.1 Å². The average Bonchev–Trinajstić information content (AvgIpc) is 2.73. The lowest BCUT2D eigenvalue weighted by molar-refractivity contribution is -0.143. The van der Waals surface area contributed by atoms with Crippen molar-refractivity contribution in [1.82, 2.24) is 15.1 Å². The Kier molecular flexibility index (Phi) is 4.46. The number of hydrogen-bond acceptors (Lipinski definition) is 4. The lowest BCUT2D eigenvalue weighted by Crippen LogP contribution is -2.33. The molecule has 19 heavy (non-hydrogen) atoms. The summed E-state index contributed by atoms with van der Waals surface area (Å²) >= 11 is 5.60. The highest BCUT2D eigenvalue weighted by Crippen LogP contribution is 2.22. The number of nitrogens with zero attached hydrogens (tertiary/aromatic N) is 3. The van der Waals surface area contributed by atoms with E-state index in [1.165, 1.54) is 4.90 Å². The molecule has 0 unspecified atom stereocenters. The maximum absolute atomic E-state index is 12.2. The monoisotopic (exact) mass is 294 g/mol. The quantitative estimate of drug-likeness (QED) is 0.926. The minimum atomic E-state index is -4.12. The largest absolute Gasteiger partial charge is 0.401 e. The SMILES string of the molecule is FC(F)(F)CN1CC[C@@H](CNc2ccc(Cl)nn2)C1. The lowest BCUT2D eigenvalue weighted by atomic mass is 10.1. The Morgan fingerprint density at radius 1 is 1.37 bits per heavy atom. The third kappa shape index (κ3) is 4.83. The van der Waals surface area contributed by atoms with Crippen LogP contribution < -0.4 is 5.32 Å². The predicted molar refractivity (Wildman–Crippen MR) is 66.1 cm³/mol. The number of aromatic nitrogens is 2. The molecule has 1 aromatic heterocycles. The second kappa shape index (κ2) is 5.92. The van der Waals surface area contributed by atoms with Crippen LogP contribution in [-0.4, -0.2) is 47.5 Å². The van der Waals surface area contributed by atoms with E-state index in [1.54, 1.807) is 12.1 Å². The van der Waals surface area contributed by atoms with Crippen LogP contribution in [0.5, 0.6) is 0 Å². The molecular weight excluding hydrogens is 281 g/mol. The van der Waals surface area contributed by atoms with E-state index >= 15 is 0 Å². The number of alkyl halides is 3. The third-order valence-electron chi connectivity index (χ3n) is 2.98. The summed E-state index contributed by atoms with van der Waals surface area (Å²) in [5.41, 5.74) is 0. The standard InChI is InChI=1S/C11H14ClF3N4/c12-9-1-2-10(18-17-9)16-5-8-3-4-19(6-8)7-11(13,14)15/h1-2,8H,3-7H2,(H,16,18)/t8-/m0/s1.